The minimum absolute atomic E-state index is 0.0601. The molecule has 0 aliphatic carbocycles. The van der Waals surface area contributed by atoms with Gasteiger partial charge in [0.2, 0.25) is 5.91 Å². The normalized spacial score (nSPS) is 11.6. The SMILES string of the molecule is CCOC(=O)CCC(=O)N[C@H](Cc1c(C)cccc1C)C(=O)O. The van der Waals surface area contributed by atoms with E-state index in [0.717, 1.165) is 16.7 Å². The topological polar surface area (TPSA) is 92.7 Å². The van der Waals surface area contributed by atoms with Crippen molar-refractivity contribution in [2.75, 3.05) is 6.61 Å². The van der Waals surface area contributed by atoms with Crippen molar-refractivity contribution in [3.05, 3.63) is 34.9 Å². The number of nitrogens with one attached hydrogen (secondary N) is 1. The molecule has 6 nitrogen and oxygen atoms in total. The zero-order valence-corrected chi connectivity index (χ0v) is 13.7. The average molecular weight is 321 g/mol. The predicted molar refractivity (Wildman–Crippen MR) is 85.1 cm³/mol. The maximum Gasteiger partial charge on any atom is 0.326 e. The highest BCUT2D eigenvalue weighted by Gasteiger charge is 2.22. The van der Waals surface area contributed by atoms with E-state index in [2.05, 4.69) is 5.32 Å². The van der Waals surface area contributed by atoms with Crippen LogP contribution in [0.1, 0.15) is 36.5 Å². The second-order valence-corrected chi connectivity index (χ2v) is 5.34. The van der Waals surface area contributed by atoms with Gasteiger partial charge < -0.3 is 15.2 Å². The summed E-state index contributed by atoms with van der Waals surface area (Å²) in [6.45, 7) is 5.75. The molecule has 0 spiro atoms. The minimum Gasteiger partial charge on any atom is -0.480 e. The van der Waals surface area contributed by atoms with E-state index < -0.39 is 23.9 Å². The third-order valence-corrected chi connectivity index (χ3v) is 3.55. The second kappa shape index (κ2) is 8.92. The Bertz CT molecular complexity index is 562. The molecule has 0 fully saturated rings. The summed E-state index contributed by atoms with van der Waals surface area (Å²) in [6, 6.07) is 4.69. The van der Waals surface area contributed by atoms with Crippen LogP contribution in [-0.2, 0) is 25.5 Å². The van der Waals surface area contributed by atoms with Gasteiger partial charge in [0.1, 0.15) is 6.04 Å². The monoisotopic (exact) mass is 321 g/mol. The molecule has 0 radical (unpaired) electrons. The number of ether oxygens (including phenoxy) is 1. The number of aliphatic carboxylic acids is 1. The van der Waals surface area contributed by atoms with Crippen molar-refractivity contribution < 1.29 is 24.2 Å². The lowest BCUT2D eigenvalue weighted by Crippen LogP contribution is -2.42. The molecule has 1 aromatic carbocycles. The van der Waals surface area contributed by atoms with Crippen LogP contribution in [0, 0.1) is 13.8 Å². The van der Waals surface area contributed by atoms with Crippen LogP contribution in [0.3, 0.4) is 0 Å². The zero-order valence-electron chi connectivity index (χ0n) is 13.7. The van der Waals surface area contributed by atoms with Gasteiger partial charge in [-0.05, 0) is 37.5 Å². The molecule has 0 bridgehead atoms. The molecular formula is C17H23NO5. The van der Waals surface area contributed by atoms with E-state index in [9.17, 15) is 19.5 Å². The Labute approximate surface area is 135 Å². The summed E-state index contributed by atoms with van der Waals surface area (Å²) in [5.41, 5.74) is 2.87. The molecule has 0 aliphatic rings. The molecule has 1 aromatic rings. The first-order chi connectivity index (χ1) is 10.8. The number of carbonyl (C=O) groups excluding carboxylic acids is 2. The zero-order chi connectivity index (χ0) is 17.4. The number of esters is 1. The van der Waals surface area contributed by atoms with Gasteiger partial charge >= 0.3 is 11.9 Å². The summed E-state index contributed by atoms with van der Waals surface area (Å²) in [4.78, 5) is 34.5. The maximum absolute atomic E-state index is 11.8. The Hall–Kier alpha value is -2.37. The Morgan fingerprint density at radius 1 is 1.17 bits per heavy atom. The van der Waals surface area contributed by atoms with Crippen LogP contribution >= 0.6 is 0 Å². The van der Waals surface area contributed by atoms with E-state index in [1.807, 2.05) is 32.0 Å². The molecule has 1 amide bonds. The van der Waals surface area contributed by atoms with Gasteiger partial charge in [0.05, 0.1) is 13.0 Å². The highest BCUT2D eigenvalue weighted by molar-refractivity contribution is 5.86. The lowest BCUT2D eigenvalue weighted by atomic mass is 9.96. The van der Waals surface area contributed by atoms with Gasteiger partial charge in [-0.1, -0.05) is 18.2 Å². The number of hydrogen-bond acceptors (Lipinski definition) is 4. The Morgan fingerprint density at radius 3 is 2.30 bits per heavy atom. The molecule has 0 aromatic heterocycles. The Kier molecular flexibility index (Phi) is 7.25. The molecule has 0 heterocycles. The van der Waals surface area contributed by atoms with Crippen molar-refractivity contribution in [2.24, 2.45) is 0 Å². The highest BCUT2D eigenvalue weighted by atomic mass is 16.5. The van der Waals surface area contributed by atoms with Gasteiger partial charge in [-0.3, -0.25) is 9.59 Å². The minimum atomic E-state index is -1.10. The van der Waals surface area contributed by atoms with Crippen molar-refractivity contribution in [2.45, 2.75) is 46.1 Å². The summed E-state index contributed by atoms with van der Waals surface area (Å²) < 4.78 is 4.74. The van der Waals surface area contributed by atoms with Crippen molar-refractivity contribution in [1.29, 1.82) is 0 Å². The Morgan fingerprint density at radius 2 is 1.78 bits per heavy atom. The molecule has 1 atom stereocenters. The molecule has 23 heavy (non-hydrogen) atoms. The van der Waals surface area contributed by atoms with Crippen LogP contribution in [0.5, 0.6) is 0 Å². The van der Waals surface area contributed by atoms with E-state index in [1.54, 1.807) is 6.92 Å². The van der Waals surface area contributed by atoms with Crippen LogP contribution in [0.2, 0.25) is 0 Å². The highest BCUT2D eigenvalue weighted by Crippen LogP contribution is 2.15. The number of benzene rings is 1. The summed E-state index contributed by atoms with van der Waals surface area (Å²) >= 11 is 0. The van der Waals surface area contributed by atoms with E-state index in [1.165, 1.54) is 0 Å². The molecule has 0 unspecified atom stereocenters. The number of carboxylic acids is 1. The predicted octanol–water partition coefficient (Wildman–Crippen LogP) is 1.76. The molecule has 0 aliphatic heterocycles. The van der Waals surface area contributed by atoms with Crippen molar-refractivity contribution in [3.8, 4) is 0 Å². The molecule has 6 heteroatoms. The largest absolute Gasteiger partial charge is 0.480 e. The smallest absolute Gasteiger partial charge is 0.326 e. The summed E-state index contributed by atoms with van der Waals surface area (Å²) in [5.74, 6) is -2.04. The van der Waals surface area contributed by atoms with Crippen LogP contribution < -0.4 is 5.32 Å². The van der Waals surface area contributed by atoms with Gasteiger partial charge in [-0.15, -0.1) is 0 Å². The van der Waals surface area contributed by atoms with Crippen molar-refractivity contribution in [3.63, 3.8) is 0 Å². The van der Waals surface area contributed by atoms with Crippen molar-refractivity contribution >= 4 is 17.8 Å². The fourth-order valence-electron chi connectivity index (χ4n) is 2.29. The molecule has 2 N–H and O–H groups in total. The lowest BCUT2D eigenvalue weighted by molar-refractivity contribution is -0.144. The third kappa shape index (κ3) is 6.10. The average Bonchev–Trinajstić information content (AvgIpc) is 2.48. The van der Waals surface area contributed by atoms with Gasteiger partial charge in [0.15, 0.2) is 0 Å². The van der Waals surface area contributed by atoms with Gasteiger partial charge in [-0.25, -0.2) is 4.79 Å². The number of carboxylic acid groups (broad SMARTS) is 1. The number of carbonyl (C=O) groups is 3. The van der Waals surface area contributed by atoms with E-state index in [0.29, 0.717) is 0 Å². The van der Waals surface area contributed by atoms with Crippen LogP contribution in [0.25, 0.3) is 0 Å². The fourth-order valence-corrected chi connectivity index (χ4v) is 2.29. The number of rotatable bonds is 8. The fraction of sp³-hybridized carbons (Fsp3) is 0.471. The van der Waals surface area contributed by atoms with Crippen LogP contribution in [-0.4, -0.2) is 35.6 Å². The number of aryl methyl sites for hydroxylation is 2. The number of hydrogen-bond donors (Lipinski definition) is 2. The molecule has 0 saturated heterocycles. The van der Waals surface area contributed by atoms with Crippen LogP contribution in [0.4, 0.5) is 0 Å². The number of amides is 1. The van der Waals surface area contributed by atoms with Gasteiger partial charge in [0, 0.05) is 12.8 Å². The van der Waals surface area contributed by atoms with E-state index in [-0.39, 0.29) is 25.9 Å². The lowest BCUT2D eigenvalue weighted by Gasteiger charge is -2.17. The first-order valence-corrected chi connectivity index (χ1v) is 7.58. The Balaban J connectivity index is 2.67. The summed E-state index contributed by atoms with van der Waals surface area (Å²) in [7, 11) is 0. The van der Waals surface area contributed by atoms with Gasteiger partial charge in [-0.2, -0.15) is 0 Å². The van der Waals surface area contributed by atoms with E-state index >= 15 is 0 Å². The van der Waals surface area contributed by atoms with Crippen LogP contribution in [0.15, 0.2) is 18.2 Å². The summed E-state index contributed by atoms with van der Waals surface area (Å²) in [6.07, 6.45) is 0.0593. The van der Waals surface area contributed by atoms with Crippen molar-refractivity contribution in [1.82, 2.24) is 5.32 Å². The van der Waals surface area contributed by atoms with E-state index in [4.69, 9.17) is 4.74 Å². The standard InChI is InChI=1S/C17H23NO5/c1-4-23-16(20)9-8-15(19)18-14(17(21)22)10-13-11(2)6-5-7-12(13)3/h5-7,14H,4,8-10H2,1-3H3,(H,18,19)(H,21,22)/t14-/m1/s1. The summed E-state index contributed by atoms with van der Waals surface area (Å²) in [5, 5.41) is 11.8. The van der Waals surface area contributed by atoms with Gasteiger partial charge in [0.25, 0.3) is 0 Å². The maximum atomic E-state index is 11.8. The first kappa shape index (κ1) is 18.7. The first-order valence-electron chi connectivity index (χ1n) is 7.58. The quantitative estimate of drug-likeness (QED) is 0.712. The molecular weight excluding hydrogens is 298 g/mol. The molecule has 126 valence electrons. The molecule has 1 rings (SSSR count). The third-order valence-electron chi connectivity index (χ3n) is 3.55. The second-order valence-electron chi connectivity index (χ2n) is 5.34. The molecule has 0 saturated carbocycles.